The Labute approximate surface area is 140 Å². The maximum atomic E-state index is 6.28. The van der Waals surface area contributed by atoms with Crippen molar-refractivity contribution in [2.45, 2.75) is 19.4 Å². The number of hydrogen-bond acceptors (Lipinski definition) is 2. The summed E-state index contributed by atoms with van der Waals surface area (Å²) in [5.74, 6) is 0.653. The summed E-state index contributed by atoms with van der Waals surface area (Å²) in [7, 11) is 1.59. The lowest BCUT2D eigenvalue weighted by molar-refractivity contribution is 0.415. The molecule has 0 saturated carbocycles. The Bertz CT molecular complexity index is 631. The van der Waals surface area contributed by atoms with Gasteiger partial charge in [-0.05, 0) is 42.3 Å². The van der Waals surface area contributed by atoms with Crippen LogP contribution in [-0.4, -0.2) is 7.11 Å². The molecule has 0 radical (unpaired) electrons. The molecule has 21 heavy (non-hydrogen) atoms. The second-order valence-corrected chi connectivity index (χ2v) is 5.87. The average Bonchev–Trinajstić information content (AvgIpc) is 2.45. The fraction of sp³-hybridized carbons (Fsp3) is 0.250. The molecule has 0 aliphatic heterocycles. The van der Waals surface area contributed by atoms with E-state index < -0.39 is 0 Å². The second kappa shape index (κ2) is 7.26. The van der Waals surface area contributed by atoms with Gasteiger partial charge in [-0.15, -0.1) is 0 Å². The standard InChI is InChI=1S/C16H16Cl3NO/c1-3-15(12-6-4-10(17)8-13(12)18)20-11-5-7-16(21-2)14(19)9-11/h4-9,15,20H,3H2,1-2H3. The first-order valence-corrected chi connectivity index (χ1v) is 7.73. The Morgan fingerprint density at radius 2 is 1.81 bits per heavy atom. The van der Waals surface area contributed by atoms with Crippen molar-refractivity contribution in [3.05, 3.63) is 57.0 Å². The zero-order valence-corrected chi connectivity index (χ0v) is 14.1. The third-order valence-corrected chi connectivity index (χ3v) is 4.10. The Hall–Kier alpha value is -1.09. The monoisotopic (exact) mass is 343 g/mol. The van der Waals surface area contributed by atoms with Gasteiger partial charge in [-0.2, -0.15) is 0 Å². The molecule has 1 N–H and O–H groups in total. The molecule has 0 heterocycles. The zero-order valence-electron chi connectivity index (χ0n) is 11.8. The van der Waals surface area contributed by atoms with Gasteiger partial charge in [0, 0.05) is 15.7 Å². The highest BCUT2D eigenvalue weighted by atomic mass is 35.5. The minimum Gasteiger partial charge on any atom is -0.495 e. The van der Waals surface area contributed by atoms with E-state index >= 15 is 0 Å². The Morgan fingerprint density at radius 1 is 1.05 bits per heavy atom. The largest absolute Gasteiger partial charge is 0.495 e. The quantitative estimate of drug-likeness (QED) is 0.695. The predicted molar refractivity (Wildman–Crippen MR) is 91.1 cm³/mol. The first kappa shape index (κ1) is 16.3. The van der Waals surface area contributed by atoms with Crippen LogP contribution in [0.25, 0.3) is 0 Å². The number of rotatable bonds is 5. The molecule has 0 amide bonds. The maximum Gasteiger partial charge on any atom is 0.137 e. The fourth-order valence-electron chi connectivity index (χ4n) is 2.14. The molecule has 0 aliphatic carbocycles. The summed E-state index contributed by atoms with van der Waals surface area (Å²) in [6, 6.07) is 11.2. The minimum absolute atomic E-state index is 0.0826. The van der Waals surface area contributed by atoms with Gasteiger partial charge in [-0.25, -0.2) is 0 Å². The molecular formula is C16H16Cl3NO. The lowest BCUT2D eigenvalue weighted by Gasteiger charge is -2.20. The third-order valence-electron chi connectivity index (χ3n) is 3.24. The summed E-state index contributed by atoms with van der Waals surface area (Å²) < 4.78 is 5.15. The summed E-state index contributed by atoms with van der Waals surface area (Å²) >= 11 is 18.4. The van der Waals surface area contributed by atoms with Crippen LogP contribution in [0.4, 0.5) is 5.69 Å². The molecule has 2 aromatic rings. The summed E-state index contributed by atoms with van der Waals surface area (Å²) in [4.78, 5) is 0. The van der Waals surface area contributed by atoms with E-state index in [4.69, 9.17) is 39.5 Å². The van der Waals surface area contributed by atoms with Crippen molar-refractivity contribution in [2.24, 2.45) is 0 Å². The normalized spacial score (nSPS) is 12.0. The molecule has 0 aliphatic rings. The van der Waals surface area contributed by atoms with E-state index in [2.05, 4.69) is 12.2 Å². The molecule has 0 aromatic heterocycles. The van der Waals surface area contributed by atoms with Crippen molar-refractivity contribution in [3.63, 3.8) is 0 Å². The molecule has 0 spiro atoms. The summed E-state index contributed by atoms with van der Waals surface area (Å²) in [5.41, 5.74) is 1.93. The number of nitrogens with one attached hydrogen (secondary N) is 1. The van der Waals surface area contributed by atoms with Crippen molar-refractivity contribution >= 4 is 40.5 Å². The molecule has 0 fully saturated rings. The fourth-order valence-corrected chi connectivity index (χ4v) is 2.94. The number of anilines is 1. The number of benzene rings is 2. The first-order valence-electron chi connectivity index (χ1n) is 6.60. The topological polar surface area (TPSA) is 21.3 Å². The van der Waals surface area contributed by atoms with E-state index in [0.29, 0.717) is 20.8 Å². The van der Waals surface area contributed by atoms with Gasteiger partial charge in [0.2, 0.25) is 0 Å². The lowest BCUT2D eigenvalue weighted by atomic mass is 10.0. The molecule has 1 unspecified atom stereocenters. The van der Waals surface area contributed by atoms with Crippen molar-refractivity contribution in [3.8, 4) is 5.75 Å². The summed E-state index contributed by atoms with van der Waals surface area (Å²) in [5, 5.41) is 5.28. The highest BCUT2D eigenvalue weighted by molar-refractivity contribution is 6.35. The molecule has 112 valence electrons. The molecule has 5 heteroatoms. The molecule has 2 nitrogen and oxygen atoms in total. The van der Waals surface area contributed by atoms with Gasteiger partial charge in [0.1, 0.15) is 5.75 Å². The predicted octanol–water partition coefficient (Wildman–Crippen LogP) is 6.22. The van der Waals surface area contributed by atoms with Crippen molar-refractivity contribution in [1.29, 1.82) is 0 Å². The van der Waals surface area contributed by atoms with E-state index in [1.54, 1.807) is 13.2 Å². The van der Waals surface area contributed by atoms with Crippen LogP contribution in [0.1, 0.15) is 24.9 Å². The van der Waals surface area contributed by atoms with Crippen LogP contribution >= 0.6 is 34.8 Å². The number of hydrogen-bond donors (Lipinski definition) is 1. The van der Waals surface area contributed by atoms with Crippen LogP contribution in [0.15, 0.2) is 36.4 Å². The highest BCUT2D eigenvalue weighted by Gasteiger charge is 2.14. The van der Waals surface area contributed by atoms with E-state index in [0.717, 1.165) is 17.7 Å². The van der Waals surface area contributed by atoms with E-state index in [1.807, 2.05) is 30.3 Å². The molecule has 0 saturated heterocycles. The molecule has 1 atom stereocenters. The molecule has 2 rings (SSSR count). The Balaban J connectivity index is 2.24. The average molecular weight is 345 g/mol. The zero-order chi connectivity index (χ0) is 15.4. The summed E-state index contributed by atoms with van der Waals surface area (Å²) in [6.07, 6.45) is 0.880. The minimum atomic E-state index is 0.0826. The van der Waals surface area contributed by atoms with Gasteiger partial charge in [0.25, 0.3) is 0 Å². The van der Waals surface area contributed by atoms with E-state index in [-0.39, 0.29) is 6.04 Å². The van der Waals surface area contributed by atoms with Crippen LogP contribution in [0.3, 0.4) is 0 Å². The smallest absolute Gasteiger partial charge is 0.137 e. The van der Waals surface area contributed by atoms with Crippen LogP contribution in [0, 0.1) is 0 Å². The van der Waals surface area contributed by atoms with Crippen molar-refractivity contribution < 1.29 is 4.74 Å². The van der Waals surface area contributed by atoms with Crippen molar-refractivity contribution in [1.82, 2.24) is 0 Å². The van der Waals surface area contributed by atoms with Crippen LogP contribution in [0.5, 0.6) is 5.75 Å². The van der Waals surface area contributed by atoms with Gasteiger partial charge in [-0.1, -0.05) is 47.8 Å². The first-order chi connectivity index (χ1) is 10.0. The number of ether oxygens (including phenoxy) is 1. The summed E-state index contributed by atoms with van der Waals surface area (Å²) in [6.45, 7) is 2.09. The van der Waals surface area contributed by atoms with E-state index in [1.165, 1.54) is 0 Å². The van der Waals surface area contributed by atoms with Crippen LogP contribution < -0.4 is 10.1 Å². The highest BCUT2D eigenvalue weighted by Crippen LogP contribution is 2.33. The van der Waals surface area contributed by atoms with Gasteiger partial charge >= 0.3 is 0 Å². The third kappa shape index (κ3) is 3.97. The van der Waals surface area contributed by atoms with E-state index in [9.17, 15) is 0 Å². The Kier molecular flexibility index (Phi) is 5.63. The SMILES string of the molecule is CCC(Nc1ccc(OC)c(Cl)c1)c1ccc(Cl)cc1Cl. The maximum absolute atomic E-state index is 6.28. The lowest BCUT2D eigenvalue weighted by Crippen LogP contribution is -2.10. The van der Waals surface area contributed by atoms with Crippen LogP contribution in [-0.2, 0) is 0 Å². The second-order valence-electron chi connectivity index (χ2n) is 4.62. The number of halogens is 3. The molecule has 2 aromatic carbocycles. The van der Waals surface area contributed by atoms with Gasteiger partial charge < -0.3 is 10.1 Å². The van der Waals surface area contributed by atoms with Crippen molar-refractivity contribution in [2.75, 3.05) is 12.4 Å². The van der Waals surface area contributed by atoms with Gasteiger partial charge in [0.05, 0.1) is 18.2 Å². The van der Waals surface area contributed by atoms with Crippen LogP contribution in [0.2, 0.25) is 15.1 Å². The molecular weight excluding hydrogens is 329 g/mol. The molecule has 0 bridgehead atoms. The number of methoxy groups -OCH3 is 1. The van der Waals surface area contributed by atoms with Gasteiger partial charge in [0.15, 0.2) is 0 Å². The Morgan fingerprint density at radius 3 is 2.38 bits per heavy atom. The van der Waals surface area contributed by atoms with Gasteiger partial charge in [-0.3, -0.25) is 0 Å².